The van der Waals surface area contributed by atoms with Crippen LogP contribution in [0.5, 0.6) is 0 Å². The monoisotopic (exact) mass is 304 g/mol. The number of nitrogens with one attached hydrogen (secondary N) is 2. The number of nitrogens with zero attached hydrogens (tertiary/aromatic N) is 1. The van der Waals surface area contributed by atoms with Gasteiger partial charge in [-0.05, 0) is 39.0 Å². The molecule has 0 spiro atoms. The van der Waals surface area contributed by atoms with Gasteiger partial charge >= 0.3 is 11.1 Å². The highest BCUT2D eigenvalue weighted by atomic mass is 16.2. The van der Waals surface area contributed by atoms with Crippen LogP contribution in [0.3, 0.4) is 0 Å². The third-order valence-electron chi connectivity index (χ3n) is 3.26. The highest BCUT2D eigenvalue weighted by Gasteiger charge is 2.14. The topological polar surface area (TPSA) is 110 Å². The van der Waals surface area contributed by atoms with Crippen LogP contribution in [-0.4, -0.2) is 27.5 Å². The number of aromatic amines is 1. The molecule has 0 saturated heterocycles. The molecule has 0 aliphatic heterocycles. The third-order valence-corrected chi connectivity index (χ3v) is 3.26. The summed E-state index contributed by atoms with van der Waals surface area (Å²) in [6.45, 7) is 6.11. The van der Waals surface area contributed by atoms with Gasteiger partial charge in [0.15, 0.2) is 0 Å². The van der Waals surface area contributed by atoms with E-state index in [2.05, 4.69) is 10.3 Å². The van der Waals surface area contributed by atoms with Gasteiger partial charge in [-0.3, -0.25) is 14.4 Å². The highest BCUT2D eigenvalue weighted by Crippen LogP contribution is 2.11. The van der Waals surface area contributed by atoms with E-state index < -0.39 is 16.7 Å². The number of carbonyl (C=O) groups excluding carboxylic acids is 1. The Hall–Kier alpha value is -2.41. The quantitative estimate of drug-likeness (QED) is 0.700. The van der Waals surface area contributed by atoms with Crippen molar-refractivity contribution in [2.75, 3.05) is 6.54 Å². The molecule has 4 N–H and O–H groups in total. The normalized spacial score (nSPS) is 11.6. The molecule has 1 aromatic heterocycles. The Kier molecular flexibility index (Phi) is 4.18. The Morgan fingerprint density at radius 3 is 2.64 bits per heavy atom. The Morgan fingerprint density at radius 1 is 1.36 bits per heavy atom. The van der Waals surface area contributed by atoms with Crippen LogP contribution in [0, 0.1) is 0 Å². The molecule has 1 aromatic carbocycles. The molecule has 2 rings (SSSR count). The van der Waals surface area contributed by atoms with Gasteiger partial charge in [0.05, 0.1) is 11.0 Å². The van der Waals surface area contributed by atoms with E-state index in [1.807, 2.05) is 13.8 Å². The van der Waals surface area contributed by atoms with Crippen LogP contribution in [0.2, 0.25) is 0 Å². The van der Waals surface area contributed by atoms with Crippen LogP contribution >= 0.6 is 0 Å². The summed E-state index contributed by atoms with van der Waals surface area (Å²) >= 11 is 0. The summed E-state index contributed by atoms with van der Waals surface area (Å²) in [7, 11) is 0. The van der Waals surface area contributed by atoms with Gasteiger partial charge in [0.2, 0.25) is 0 Å². The second kappa shape index (κ2) is 5.76. The van der Waals surface area contributed by atoms with Crippen molar-refractivity contribution in [3.63, 3.8) is 0 Å². The van der Waals surface area contributed by atoms with Crippen LogP contribution in [0.4, 0.5) is 0 Å². The zero-order valence-electron chi connectivity index (χ0n) is 12.9. The highest BCUT2D eigenvalue weighted by molar-refractivity contribution is 5.97. The van der Waals surface area contributed by atoms with E-state index in [1.165, 1.54) is 4.57 Å². The average Bonchev–Trinajstić information content (AvgIpc) is 2.45. The smallest absolute Gasteiger partial charge is 0.316 e. The molecule has 0 radical (unpaired) electrons. The summed E-state index contributed by atoms with van der Waals surface area (Å²) in [5, 5.41) is 2.73. The molecular formula is C15H20N4O3. The largest absolute Gasteiger partial charge is 0.350 e. The Balaban J connectivity index is 2.43. The average molecular weight is 304 g/mol. The number of nitrogens with two attached hydrogens (primary N) is 1. The minimum Gasteiger partial charge on any atom is -0.350 e. The maximum absolute atomic E-state index is 12.1. The molecule has 7 heteroatoms. The predicted octanol–water partition coefficient (Wildman–Crippen LogP) is 0.177. The van der Waals surface area contributed by atoms with Gasteiger partial charge in [-0.15, -0.1) is 0 Å². The fraction of sp³-hybridized carbons (Fsp3) is 0.400. The molecule has 0 aliphatic carbocycles. The summed E-state index contributed by atoms with van der Waals surface area (Å²) < 4.78 is 1.37. The number of carbonyl (C=O) groups is 1. The zero-order chi connectivity index (χ0) is 16.5. The Morgan fingerprint density at radius 2 is 2.05 bits per heavy atom. The van der Waals surface area contributed by atoms with Gasteiger partial charge in [0.25, 0.3) is 5.91 Å². The van der Waals surface area contributed by atoms with Crippen molar-refractivity contribution < 1.29 is 4.79 Å². The number of amides is 1. The van der Waals surface area contributed by atoms with Crippen LogP contribution in [0.15, 0.2) is 27.8 Å². The number of rotatable bonds is 4. The molecule has 0 bridgehead atoms. The lowest BCUT2D eigenvalue weighted by atomic mass is 10.1. The Labute approximate surface area is 127 Å². The first-order valence-electron chi connectivity index (χ1n) is 7.07. The molecule has 0 fully saturated rings. The molecule has 0 aliphatic rings. The summed E-state index contributed by atoms with van der Waals surface area (Å²) in [5.41, 5.74) is 5.45. The molecule has 1 heterocycles. The van der Waals surface area contributed by atoms with Crippen molar-refractivity contribution in [3.8, 4) is 0 Å². The van der Waals surface area contributed by atoms with Crippen molar-refractivity contribution in [3.05, 3.63) is 44.5 Å². The van der Waals surface area contributed by atoms with E-state index in [0.29, 0.717) is 29.7 Å². The number of benzene rings is 1. The molecule has 0 saturated carbocycles. The first-order chi connectivity index (χ1) is 10.2. The summed E-state index contributed by atoms with van der Waals surface area (Å²) in [6, 6.07) is 4.82. The van der Waals surface area contributed by atoms with E-state index in [9.17, 15) is 14.4 Å². The van der Waals surface area contributed by atoms with Gasteiger partial charge < -0.3 is 20.6 Å². The fourth-order valence-electron chi connectivity index (χ4n) is 2.14. The Bertz CT molecular complexity index is 827. The first kappa shape index (κ1) is 16.0. The minimum atomic E-state index is -0.699. The van der Waals surface area contributed by atoms with Gasteiger partial charge in [-0.1, -0.05) is 0 Å². The predicted molar refractivity (Wildman–Crippen MR) is 85.1 cm³/mol. The number of H-pyrrole nitrogens is 1. The van der Waals surface area contributed by atoms with Crippen LogP contribution in [0.1, 0.15) is 31.1 Å². The maximum Gasteiger partial charge on any atom is 0.316 e. The second-order valence-corrected chi connectivity index (χ2v) is 5.91. The number of aromatic nitrogens is 2. The van der Waals surface area contributed by atoms with E-state index in [0.717, 1.165) is 0 Å². The molecule has 7 nitrogen and oxygen atoms in total. The molecular weight excluding hydrogens is 284 g/mol. The number of hydrogen-bond acceptors (Lipinski definition) is 4. The molecule has 2 aromatic rings. The van der Waals surface area contributed by atoms with Crippen molar-refractivity contribution in [2.45, 2.75) is 32.9 Å². The standard InChI is InChI=1S/C15H20N4O3/c1-4-19-11-6-5-9(12(20)17-8-15(2,3)16)7-10(11)18-13(21)14(19)22/h5-7H,4,8,16H2,1-3H3,(H,17,20)(H,18,21). The van der Waals surface area contributed by atoms with E-state index in [1.54, 1.807) is 25.1 Å². The number of aryl methyl sites for hydroxylation is 1. The fourth-order valence-corrected chi connectivity index (χ4v) is 2.14. The lowest BCUT2D eigenvalue weighted by molar-refractivity contribution is 0.0946. The van der Waals surface area contributed by atoms with Gasteiger partial charge in [0, 0.05) is 24.2 Å². The maximum atomic E-state index is 12.1. The van der Waals surface area contributed by atoms with Crippen LogP contribution in [-0.2, 0) is 6.54 Å². The lowest BCUT2D eigenvalue weighted by Gasteiger charge is -2.19. The lowest BCUT2D eigenvalue weighted by Crippen LogP contribution is -2.45. The molecule has 1 amide bonds. The van der Waals surface area contributed by atoms with Crippen LogP contribution < -0.4 is 22.2 Å². The van der Waals surface area contributed by atoms with E-state index in [4.69, 9.17) is 5.73 Å². The minimum absolute atomic E-state index is 0.282. The second-order valence-electron chi connectivity index (χ2n) is 5.91. The van der Waals surface area contributed by atoms with Gasteiger partial charge in [-0.25, -0.2) is 0 Å². The van der Waals surface area contributed by atoms with E-state index >= 15 is 0 Å². The van der Waals surface area contributed by atoms with Crippen molar-refractivity contribution in [2.24, 2.45) is 5.73 Å². The van der Waals surface area contributed by atoms with Gasteiger partial charge in [0.1, 0.15) is 0 Å². The van der Waals surface area contributed by atoms with Crippen LogP contribution in [0.25, 0.3) is 11.0 Å². The van der Waals surface area contributed by atoms with E-state index in [-0.39, 0.29) is 5.91 Å². The van der Waals surface area contributed by atoms with Gasteiger partial charge in [-0.2, -0.15) is 0 Å². The molecule has 0 unspecified atom stereocenters. The molecule has 22 heavy (non-hydrogen) atoms. The SMILES string of the molecule is CCn1c(=O)c(=O)[nH]c2cc(C(=O)NCC(C)(C)N)ccc21. The van der Waals surface area contributed by atoms with Crippen molar-refractivity contribution in [1.29, 1.82) is 0 Å². The molecule has 118 valence electrons. The summed E-state index contributed by atoms with van der Waals surface area (Å²) in [5.74, 6) is -0.282. The number of hydrogen-bond donors (Lipinski definition) is 3. The zero-order valence-corrected chi connectivity index (χ0v) is 12.9. The summed E-state index contributed by atoms with van der Waals surface area (Å²) in [4.78, 5) is 38.0. The molecule has 0 atom stereocenters. The third kappa shape index (κ3) is 3.25. The first-order valence-corrected chi connectivity index (χ1v) is 7.07. The summed E-state index contributed by atoms with van der Waals surface area (Å²) in [6.07, 6.45) is 0. The van der Waals surface area contributed by atoms with Crippen molar-refractivity contribution in [1.82, 2.24) is 14.9 Å². The van der Waals surface area contributed by atoms with Crippen molar-refractivity contribution >= 4 is 16.9 Å². The number of fused-ring (bicyclic) bond motifs is 1.